The fourth-order valence-corrected chi connectivity index (χ4v) is 18.3. The summed E-state index contributed by atoms with van der Waals surface area (Å²) in [5.74, 6) is -8.47. The van der Waals surface area contributed by atoms with Crippen molar-refractivity contribution in [3.05, 3.63) is 119 Å². The van der Waals surface area contributed by atoms with Crippen molar-refractivity contribution in [3.63, 3.8) is 0 Å². The van der Waals surface area contributed by atoms with E-state index in [2.05, 4.69) is 4.98 Å². The van der Waals surface area contributed by atoms with Crippen LogP contribution in [-0.2, 0) is 116 Å². The van der Waals surface area contributed by atoms with Crippen molar-refractivity contribution in [2.24, 2.45) is 35.5 Å². The molecule has 5 aliphatic rings. The van der Waals surface area contributed by atoms with Gasteiger partial charge in [0, 0.05) is 114 Å². The number of nitrogens with zero attached hydrogens (tertiary/aromatic N) is 3. The number of piperidine rings is 1. The van der Waals surface area contributed by atoms with Crippen LogP contribution in [-0.4, -0.2) is 287 Å². The Hall–Kier alpha value is -7.90. The van der Waals surface area contributed by atoms with Gasteiger partial charge in [-0.1, -0.05) is 77.1 Å². The molecule has 3 aromatic rings. The Bertz CT molecular complexity index is 4290. The number of ether oxygens (including phenoxy) is 15. The number of nitrogens with two attached hydrogens (primary N) is 1. The van der Waals surface area contributed by atoms with Crippen molar-refractivity contribution >= 4 is 62.5 Å². The van der Waals surface area contributed by atoms with Gasteiger partial charge in [-0.25, -0.2) is 18.2 Å². The van der Waals surface area contributed by atoms with Crippen molar-refractivity contribution in [1.82, 2.24) is 14.8 Å². The second-order valence-electron chi connectivity index (χ2n) is 34.6. The standard InChI is InChI=1S/C97H142N4O27S/c1-65-19-13-12-14-20-66(2)85(114-9)61-78-28-24-72(8)97(111,128-78)93(107)95(109)101-35-16-15-22-81(101)96(110)127-86(62-82(103)68(4)56-71(7)91(106)92(116-11)90(105)70(6)55-65)69(5)57-73-25-31-84(87(59-73)115-10)126-89(104)23-17-37-117-40-42-119-44-46-121-48-50-123-52-53-124-51-49-122-47-45-120-43-41-118-38-34-77(102)21-18-54-129(112,113)79-29-30-80(67(3)58-79)94(108)100-36-39-125-83-32-26-74(60-76(83)64-100)75-27-33-88(98)99-63-75/h12-14,19-20,26-27,29-30,32-33,56,58,60,63,65,68-70,72-73,78,81,84-87,91-92,106,111H,15-18,21-25,28,31,34-55,57,59,61-62,64H2,1-11H3,(H2,98,99)/b14-12+,19-13+,66-20+,71-56+/t65-,68-,69-,70-,72-,73+,78+,81+,84-,85+,86+,87-,91-,92+,97-/m1/s1. The van der Waals surface area contributed by atoms with Crippen LogP contribution in [0.25, 0.3) is 11.1 Å². The highest BCUT2D eigenvalue weighted by Crippen LogP contribution is 2.40. The molecule has 129 heavy (non-hydrogen) atoms. The molecule has 4 N–H and O–H groups in total. The third-order valence-corrected chi connectivity index (χ3v) is 26.4. The maximum absolute atomic E-state index is 14.8. The number of rotatable bonds is 42. The number of hydrogen-bond acceptors (Lipinski definition) is 29. The number of hydrogen-bond donors (Lipinski definition) is 3. The van der Waals surface area contributed by atoms with Gasteiger partial charge in [0.05, 0.1) is 135 Å². The molecule has 3 fully saturated rings. The summed E-state index contributed by atoms with van der Waals surface area (Å²) >= 11 is 0. The number of ketones is 4. The van der Waals surface area contributed by atoms with Crippen LogP contribution in [0.2, 0.25) is 0 Å². The van der Waals surface area contributed by atoms with Crippen molar-refractivity contribution in [3.8, 4) is 16.9 Å². The van der Waals surface area contributed by atoms with E-state index in [4.69, 9.17) is 76.8 Å². The SMILES string of the molecule is CO[C@H]1C[C@@H]2CC[C@@H](C)[C@@](O)(O2)C(=O)C(=O)N2CCCC[C@H]2C(=O)O[C@H]([C@H](C)C[C@@H]2CC[C@@H](OC(=O)CCCOCCOCCOCCOCCOCCOCCOCCOCCC(=O)CCCS(=O)(=O)c3ccc(C(=O)N4CCOc5ccc(-c6ccc(N)nc6)cc5C4)c(C)c3)[C@H](OC)C2)CC(=O)[C@H](C)/C=C(\C)[C@@H](O)[C@@H](OC)C(=O)[C@H](C)C[C@H](C)/C=C/C=C/C=C/1C. The Kier molecular flexibility index (Phi) is 45.8. The van der Waals surface area contributed by atoms with Crippen LogP contribution in [0, 0.1) is 42.4 Å². The smallest absolute Gasteiger partial charge is 0.329 e. The molecule has 32 heteroatoms. The largest absolute Gasteiger partial charge is 0.491 e. The van der Waals surface area contributed by atoms with Gasteiger partial charge in [-0.2, -0.15) is 0 Å². The summed E-state index contributed by atoms with van der Waals surface area (Å²) < 4.78 is 113. The molecule has 0 radical (unpaired) electrons. The minimum absolute atomic E-state index is 0.0105. The van der Waals surface area contributed by atoms with Crippen molar-refractivity contribution in [2.75, 3.05) is 158 Å². The van der Waals surface area contributed by atoms with E-state index in [1.54, 1.807) is 78.1 Å². The monoisotopic (exact) mass is 1830 g/mol. The van der Waals surface area contributed by atoms with Gasteiger partial charge < -0.3 is 96.8 Å². The normalized spacial score (nSPS) is 26.8. The molecule has 2 amide bonds. The molecular formula is C97H142N4O27S. The first-order valence-corrected chi connectivity index (χ1v) is 47.5. The fourth-order valence-electron chi connectivity index (χ4n) is 16.9. The molecule has 1 aliphatic carbocycles. The van der Waals surface area contributed by atoms with Gasteiger partial charge in [0.1, 0.15) is 60.2 Å². The number of carbonyl (C=O) groups is 8. The number of sulfone groups is 1. The number of Topliss-reactive ketones (excluding diaryl/α,β-unsaturated/α-hetero) is 4. The van der Waals surface area contributed by atoms with Crippen LogP contribution in [0.15, 0.2) is 107 Å². The van der Waals surface area contributed by atoms with Crippen LogP contribution in [0.5, 0.6) is 5.75 Å². The van der Waals surface area contributed by atoms with Gasteiger partial charge >= 0.3 is 11.9 Å². The highest BCUT2D eigenvalue weighted by Gasteiger charge is 2.53. The number of anilines is 1. The van der Waals surface area contributed by atoms with Crippen molar-refractivity contribution in [2.45, 2.75) is 231 Å². The number of pyridine rings is 1. The summed E-state index contributed by atoms with van der Waals surface area (Å²) in [5.41, 5.74) is 10.5. The lowest BCUT2D eigenvalue weighted by atomic mass is 9.78. The number of aliphatic hydroxyl groups excluding tert-OH is 1. The first kappa shape index (κ1) is 106. The molecule has 31 nitrogen and oxygen atoms in total. The predicted octanol–water partition coefficient (Wildman–Crippen LogP) is 10.8. The summed E-state index contributed by atoms with van der Waals surface area (Å²) in [7, 11) is 0.777. The molecule has 15 atom stereocenters. The molecule has 0 unspecified atom stereocenters. The minimum Gasteiger partial charge on any atom is -0.491 e. The van der Waals surface area contributed by atoms with Crippen LogP contribution in [0.1, 0.15) is 179 Å². The van der Waals surface area contributed by atoms with Crippen LogP contribution >= 0.6 is 0 Å². The number of carbonyl (C=O) groups excluding carboxylic acids is 8. The summed E-state index contributed by atoms with van der Waals surface area (Å²) in [5, 5.41) is 23.8. The molecule has 0 spiro atoms. The summed E-state index contributed by atoms with van der Waals surface area (Å²) in [6, 6.07) is 12.7. The fraction of sp³-hybridized carbons (Fsp3) is 0.660. The van der Waals surface area contributed by atoms with E-state index < -0.39 is 106 Å². The van der Waals surface area contributed by atoms with E-state index in [9.17, 15) is 57.0 Å². The minimum atomic E-state index is -3.72. The number of amides is 2. The number of fused-ring (bicyclic) bond motifs is 4. The van der Waals surface area contributed by atoms with E-state index in [1.807, 2.05) is 75.4 Å². The van der Waals surface area contributed by atoms with Gasteiger partial charge in [-0.05, 0) is 180 Å². The number of methoxy groups -OCH3 is 3. The van der Waals surface area contributed by atoms with Gasteiger partial charge in [0.15, 0.2) is 15.6 Å². The first-order valence-electron chi connectivity index (χ1n) is 45.9. The second kappa shape index (κ2) is 55.6. The lowest BCUT2D eigenvalue weighted by Crippen LogP contribution is -2.61. The van der Waals surface area contributed by atoms with Crippen molar-refractivity contribution < 1.29 is 128 Å². The molecule has 5 heterocycles. The van der Waals surface area contributed by atoms with Gasteiger partial charge in [-0.15, -0.1) is 0 Å². The van der Waals surface area contributed by atoms with Crippen LogP contribution in [0.3, 0.4) is 0 Å². The molecule has 2 bridgehead atoms. The molecular weight excluding hydrogens is 1690 g/mol. The Balaban J connectivity index is 0.643. The maximum Gasteiger partial charge on any atom is 0.329 e. The number of nitrogen functional groups attached to an aromatic ring is 1. The highest BCUT2D eigenvalue weighted by molar-refractivity contribution is 7.91. The first-order chi connectivity index (χ1) is 61.9. The highest BCUT2D eigenvalue weighted by atomic mass is 32.2. The average Bonchev–Trinajstić information content (AvgIpc) is 1.08. The maximum atomic E-state index is 14.8. The van der Waals surface area contributed by atoms with Crippen LogP contribution < -0.4 is 10.5 Å². The predicted molar refractivity (Wildman–Crippen MR) is 481 cm³/mol. The molecule has 1 saturated carbocycles. The van der Waals surface area contributed by atoms with E-state index in [0.717, 1.165) is 22.3 Å². The number of esters is 2. The number of aliphatic hydroxyl groups is 2. The van der Waals surface area contributed by atoms with E-state index in [1.165, 1.54) is 24.1 Å². The lowest BCUT2D eigenvalue weighted by Gasteiger charge is -2.42. The third-order valence-electron chi connectivity index (χ3n) is 24.6. The molecule has 4 aliphatic heterocycles. The summed E-state index contributed by atoms with van der Waals surface area (Å²) in [4.78, 5) is 119. The number of aromatic nitrogens is 1. The molecule has 718 valence electrons. The van der Waals surface area contributed by atoms with Crippen molar-refractivity contribution in [1.29, 1.82) is 0 Å². The molecule has 8 rings (SSSR count). The van der Waals surface area contributed by atoms with Gasteiger partial charge in [-0.3, -0.25) is 33.6 Å². The molecule has 2 aromatic carbocycles. The van der Waals surface area contributed by atoms with Gasteiger partial charge in [0.25, 0.3) is 17.6 Å². The zero-order valence-corrected chi connectivity index (χ0v) is 78.4. The number of aryl methyl sites for hydroxylation is 1. The summed E-state index contributed by atoms with van der Waals surface area (Å²) in [6.45, 7) is 20.8. The number of cyclic esters (lactones) is 1. The third kappa shape index (κ3) is 34.3. The quantitative estimate of drug-likeness (QED) is 0.0205. The molecule has 1 aromatic heterocycles. The van der Waals surface area contributed by atoms with Gasteiger partial charge in [0.2, 0.25) is 5.79 Å². The van der Waals surface area contributed by atoms with E-state index in [-0.39, 0.29) is 116 Å². The van der Waals surface area contributed by atoms with Crippen LogP contribution in [0.4, 0.5) is 5.82 Å². The Morgan fingerprint density at radius 2 is 1.32 bits per heavy atom. The average molecular weight is 1830 g/mol. The molecule has 2 saturated heterocycles. The Morgan fingerprint density at radius 1 is 0.667 bits per heavy atom. The Morgan fingerprint density at radius 3 is 1.95 bits per heavy atom. The number of allylic oxidation sites excluding steroid dienone is 6. The van der Waals surface area contributed by atoms with E-state index in [0.29, 0.717) is 205 Å². The Labute approximate surface area is 761 Å². The summed E-state index contributed by atoms with van der Waals surface area (Å²) in [6.07, 6.45) is 12.8. The lowest BCUT2D eigenvalue weighted by molar-refractivity contribution is -0.265. The topological polar surface area (TPSA) is 395 Å². The second-order valence-corrected chi connectivity index (χ2v) is 36.7. The number of benzene rings is 2. The zero-order chi connectivity index (χ0) is 93.4. The zero-order valence-electron chi connectivity index (χ0n) is 77.5. The van der Waals surface area contributed by atoms with E-state index >= 15 is 0 Å².